The maximum atomic E-state index is 12.2. The number of benzene rings is 1. The second-order valence-electron chi connectivity index (χ2n) is 11.0. The van der Waals surface area contributed by atoms with E-state index in [2.05, 4.69) is 10.6 Å². The minimum absolute atomic E-state index is 0.00283. The largest absolute Gasteiger partial charge is 0.494 e. The van der Waals surface area contributed by atoms with Crippen LogP contribution < -0.4 is 15.4 Å². The zero-order valence-corrected chi connectivity index (χ0v) is 23.5. The smallest absolute Gasteiger partial charge is 0.408 e. The maximum absolute atomic E-state index is 12.2. The van der Waals surface area contributed by atoms with Gasteiger partial charge in [0.2, 0.25) is 6.03 Å². The summed E-state index contributed by atoms with van der Waals surface area (Å²) in [6.45, 7) is 10.9. The molecule has 1 aromatic rings. The Kier molecular flexibility index (Phi) is 11.9. The number of urea groups is 1. The summed E-state index contributed by atoms with van der Waals surface area (Å²) in [5.41, 5.74) is 0.174. The van der Waals surface area contributed by atoms with Gasteiger partial charge < -0.3 is 35.2 Å². The first-order valence-electron chi connectivity index (χ1n) is 13.3. The number of methoxy groups -OCH3 is 1. The molecule has 10 heteroatoms. The third-order valence-electron chi connectivity index (χ3n) is 6.25. The van der Waals surface area contributed by atoms with Crippen LogP contribution in [0.2, 0.25) is 0 Å². The lowest BCUT2D eigenvalue weighted by atomic mass is 9.92. The van der Waals surface area contributed by atoms with Gasteiger partial charge in [-0.2, -0.15) is 0 Å². The topological polar surface area (TPSA) is 128 Å². The van der Waals surface area contributed by atoms with E-state index in [1.165, 1.54) is 7.11 Å². The van der Waals surface area contributed by atoms with Gasteiger partial charge in [0.1, 0.15) is 17.4 Å². The number of amidine groups is 1. The van der Waals surface area contributed by atoms with E-state index in [0.717, 1.165) is 37.0 Å². The Bertz CT molecular complexity index is 934. The summed E-state index contributed by atoms with van der Waals surface area (Å²) in [4.78, 5) is 38.2. The normalized spacial score (nSPS) is 15.0. The number of likely N-dealkylation sites (tertiary alicyclic amines) is 1. The van der Waals surface area contributed by atoms with E-state index >= 15 is 0 Å². The third kappa shape index (κ3) is 11.0. The molecule has 1 unspecified atom stereocenters. The number of ether oxygens (including phenoxy) is 3. The summed E-state index contributed by atoms with van der Waals surface area (Å²) in [6.07, 6.45) is 3.38. The van der Waals surface area contributed by atoms with E-state index in [9.17, 15) is 19.8 Å². The Labute approximate surface area is 226 Å². The van der Waals surface area contributed by atoms with Gasteiger partial charge in [-0.3, -0.25) is 4.79 Å². The van der Waals surface area contributed by atoms with E-state index in [4.69, 9.17) is 14.2 Å². The maximum Gasteiger partial charge on any atom is 0.408 e. The summed E-state index contributed by atoms with van der Waals surface area (Å²) in [5.74, 6) is 0.625. The van der Waals surface area contributed by atoms with Gasteiger partial charge in [0.05, 0.1) is 13.7 Å². The Morgan fingerprint density at radius 1 is 1.11 bits per heavy atom. The molecule has 1 heterocycles. The van der Waals surface area contributed by atoms with Gasteiger partial charge in [0, 0.05) is 19.5 Å². The van der Waals surface area contributed by atoms with Crippen molar-refractivity contribution >= 4 is 23.9 Å². The lowest BCUT2D eigenvalue weighted by Gasteiger charge is -2.35. The predicted molar refractivity (Wildman–Crippen MR) is 146 cm³/mol. The van der Waals surface area contributed by atoms with Crippen LogP contribution in [-0.4, -0.2) is 67.3 Å². The highest BCUT2D eigenvalue weighted by atomic mass is 16.6. The van der Waals surface area contributed by atoms with Gasteiger partial charge in [-0.05, 0) is 76.0 Å². The Morgan fingerprint density at radius 3 is 2.29 bits per heavy atom. The minimum Gasteiger partial charge on any atom is -0.494 e. The molecular weight excluding hydrogens is 488 g/mol. The summed E-state index contributed by atoms with van der Waals surface area (Å²) in [5, 5.41) is 14.9. The molecule has 1 fully saturated rings. The number of alkyl carbamates (subject to hydrolysis) is 1. The highest BCUT2D eigenvalue weighted by molar-refractivity contribution is 6.00. The number of nitrogens with one attached hydrogen (secondary N) is 2. The standard InChI is InChI=1S/C28H43N4O6/c1-19(2)24(29)31-26(34)32-15-13-20(14-16-32)8-7-17-37-22-11-9-21(10-12-22)18-23(25(33)36-6)30-27(35)38-28(3,4)5/h9-12,19-20,23H,7-8,13-18H2,1-6H3,(H2-,29,30,31,34,35)/q-1. The fourth-order valence-electron chi connectivity index (χ4n) is 4.06. The van der Waals surface area contributed by atoms with Gasteiger partial charge in [0.25, 0.3) is 0 Å². The molecule has 212 valence electrons. The molecule has 1 aliphatic heterocycles. The first-order valence-corrected chi connectivity index (χ1v) is 13.3. The van der Waals surface area contributed by atoms with Crippen LogP contribution in [-0.2, 0) is 20.7 Å². The van der Waals surface area contributed by atoms with Gasteiger partial charge in [0.15, 0.2) is 0 Å². The highest BCUT2D eigenvalue weighted by Gasteiger charge is 2.25. The van der Waals surface area contributed by atoms with Gasteiger partial charge in [-0.15, -0.1) is 0 Å². The van der Waals surface area contributed by atoms with E-state index in [1.54, 1.807) is 25.7 Å². The van der Waals surface area contributed by atoms with Crippen molar-refractivity contribution in [1.29, 1.82) is 0 Å². The number of hydrogen-bond acceptors (Lipinski definition) is 6. The molecule has 10 nitrogen and oxygen atoms in total. The first-order chi connectivity index (χ1) is 17.9. The van der Waals surface area contributed by atoms with Crippen molar-refractivity contribution in [2.24, 2.45) is 11.8 Å². The van der Waals surface area contributed by atoms with Crippen molar-refractivity contribution in [3.8, 4) is 5.75 Å². The monoisotopic (exact) mass is 531 g/mol. The molecule has 0 aromatic heterocycles. The number of piperidine rings is 1. The molecule has 0 spiro atoms. The highest BCUT2D eigenvalue weighted by Crippen LogP contribution is 2.22. The lowest BCUT2D eigenvalue weighted by Crippen LogP contribution is -2.47. The minimum atomic E-state index is -0.863. The molecule has 0 radical (unpaired) electrons. The van der Waals surface area contributed by atoms with Crippen molar-refractivity contribution in [2.45, 2.75) is 78.4 Å². The Morgan fingerprint density at radius 2 is 1.74 bits per heavy atom. The van der Waals surface area contributed by atoms with E-state index < -0.39 is 23.7 Å². The van der Waals surface area contributed by atoms with Crippen molar-refractivity contribution in [2.75, 3.05) is 26.8 Å². The van der Waals surface area contributed by atoms with Crippen LogP contribution in [0.25, 0.3) is 5.41 Å². The van der Waals surface area contributed by atoms with Crippen molar-refractivity contribution in [3.63, 3.8) is 0 Å². The fraction of sp³-hybridized carbons (Fsp3) is 0.643. The van der Waals surface area contributed by atoms with Crippen LogP contribution >= 0.6 is 0 Å². The molecule has 1 atom stereocenters. The van der Waals surface area contributed by atoms with Gasteiger partial charge in [-0.1, -0.05) is 31.8 Å². The number of amides is 3. The molecule has 2 rings (SSSR count). The number of rotatable bonds is 10. The van der Waals surface area contributed by atoms with E-state index in [1.807, 2.05) is 38.1 Å². The molecule has 0 aliphatic carbocycles. The summed E-state index contributed by atoms with van der Waals surface area (Å²) >= 11 is 0. The average molecular weight is 532 g/mol. The van der Waals surface area contributed by atoms with Crippen LogP contribution in [0.3, 0.4) is 0 Å². The van der Waals surface area contributed by atoms with Crippen LogP contribution in [0, 0.1) is 11.8 Å². The van der Waals surface area contributed by atoms with Crippen molar-refractivity contribution < 1.29 is 28.6 Å². The quantitative estimate of drug-likeness (QED) is 0.198. The molecule has 38 heavy (non-hydrogen) atoms. The average Bonchev–Trinajstić information content (AvgIpc) is 2.85. The molecule has 0 saturated carbocycles. The zero-order chi connectivity index (χ0) is 28.3. The Hall–Kier alpha value is -3.30. The Balaban J connectivity index is 1.72. The zero-order valence-electron chi connectivity index (χ0n) is 23.5. The second kappa shape index (κ2) is 14.6. The number of hydrogen-bond donors (Lipinski definition) is 2. The van der Waals surface area contributed by atoms with Crippen molar-refractivity contribution in [1.82, 2.24) is 15.5 Å². The van der Waals surface area contributed by atoms with Gasteiger partial charge in [-0.25, -0.2) is 9.59 Å². The predicted octanol–water partition coefficient (Wildman–Crippen LogP) is 4.50. The third-order valence-corrected chi connectivity index (χ3v) is 6.25. The molecule has 0 bridgehead atoms. The lowest BCUT2D eigenvalue weighted by molar-refractivity contribution is -0.143. The number of carbonyl (C=O) groups excluding carboxylic acids is 3. The van der Waals surface area contributed by atoms with Crippen LogP contribution in [0.4, 0.5) is 9.59 Å². The SMILES string of the molecule is COC(=O)C(Cc1ccc(OCCCC2CCN(C(=O)NC(=[N-])C(C)C)CC2)cc1)NC(=O)OC(C)(C)C. The molecular formula is C28H43N4O6-. The van der Waals surface area contributed by atoms with E-state index in [0.29, 0.717) is 25.6 Å². The molecule has 1 aliphatic rings. The molecule has 1 saturated heterocycles. The summed E-state index contributed by atoms with van der Waals surface area (Å²) in [7, 11) is 1.28. The van der Waals surface area contributed by atoms with E-state index in [-0.39, 0.29) is 24.2 Å². The number of carbonyl (C=O) groups is 3. The summed E-state index contributed by atoms with van der Waals surface area (Å²) in [6, 6.07) is 6.31. The molecule has 1 aromatic carbocycles. The number of esters is 1. The molecule has 3 amide bonds. The summed E-state index contributed by atoms with van der Waals surface area (Å²) < 4.78 is 16.0. The second-order valence-corrected chi connectivity index (χ2v) is 11.0. The number of nitrogens with zero attached hydrogens (tertiary/aromatic N) is 2. The van der Waals surface area contributed by atoms with Crippen LogP contribution in [0.5, 0.6) is 5.75 Å². The molecule has 2 N–H and O–H groups in total. The first kappa shape index (κ1) is 30.9. The van der Waals surface area contributed by atoms with Crippen LogP contribution in [0.15, 0.2) is 24.3 Å². The van der Waals surface area contributed by atoms with Crippen molar-refractivity contribution in [3.05, 3.63) is 35.2 Å². The fourth-order valence-corrected chi connectivity index (χ4v) is 4.06. The van der Waals surface area contributed by atoms with Gasteiger partial charge >= 0.3 is 12.1 Å². The van der Waals surface area contributed by atoms with Crippen LogP contribution in [0.1, 0.15) is 65.9 Å².